The molecule has 1 aliphatic carbocycles. The first-order valence-corrected chi connectivity index (χ1v) is 16.4. The van der Waals surface area contributed by atoms with Crippen LogP contribution in [0.2, 0.25) is 0 Å². The second kappa shape index (κ2) is 17.3. The first kappa shape index (κ1) is 30.9. The summed E-state index contributed by atoms with van der Waals surface area (Å²) in [5, 5.41) is -2.62. The average Bonchev–Trinajstić information content (AvgIpc) is 2.86. The Hall–Kier alpha value is 0.710. The minimum Gasteiger partial charge on any atom is -0.494 e. The van der Waals surface area contributed by atoms with Gasteiger partial charge in [-0.15, -0.1) is 69.6 Å². The second-order valence-electron chi connectivity index (χ2n) is 8.13. The Morgan fingerprint density at radius 2 is 1.03 bits per heavy atom. The average molecular weight is 700 g/mol. The molecule has 0 amide bonds. The topological polar surface area (TPSA) is 9.23 Å². The molecule has 2 aromatic carbocycles. The Kier molecular flexibility index (Phi) is 15.7. The number of unbranched alkanes of at least 4 members (excludes halogenated alkanes) is 5. The molecule has 0 radical (unpaired) electrons. The molecule has 3 rings (SSSR count). The Morgan fingerprint density at radius 1 is 0.588 bits per heavy atom. The molecule has 0 atom stereocenters. The van der Waals surface area contributed by atoms with Crippen LogP contribution in [-0.4, -0.2) is 38.9 Å². The van der Waals surface area contributed by atoms with Gasteiger partial charge in [-0.25, -0.2) is 0 Å². The van der Waals surface area contributed by atoms with Crippen molar-refractivity contribution in [3.63, 3.8) is 0 Å². The zero-order chi connectivity index (χ0) is 24.9. The van der Waals surface area contributed by atoms with Crippen LogP contribution in [0.15, 0.2) is 54.6 Å². The Bertz CT molecular complexity index is 735. The second-order valence-corrected chi connectivity index (χ2v) is 14.2. The number of ether oxygens (including phenoxy) is 1. The summed E-state index contributed by atoms with van der Waals surface area (Å²) in [7, 11) is 0. The highest BCUT2D eigenvalue weighted by molar-refractivity contribution is 6.45. The molecule has 0 aliphatic heterocycles. The normalized spacial score (nSPS) is 26.4. The Balaban J connectivity index is 0.000000287. The number of hydrogen-bond donors (Lipinski definition) is 0. The van der Waals surface area contributed by atoms with Gasteiger partial charge in [0, 0.05) is 0 Å². The molecule has 8 heteroatoms. The van der Waals surface area contributed by atoms with Gasteiger partial charge in [0.2, 0.25) is 0 Å². The van der Waals surface area contributed by atoms with Gasteiger partial charge in [-0.2, -0.15) is 0 Å². The molecule has 1 aliphatic rings. The van der Waals surface area contributed by atoms with E-state index in [2.05, 4.69) is 61.5 Å². The van der Waals surface area contributed by atoms with Gasteiger partial charge in [0.15, 0.2) is 7.14 Å². The van der Waals surface area contributed by atoms with Gasteiger partial charge in [-0.05, 0) is 42.8 Å². The SMILES string of the molecule is CCCCCCCCOc1ccc([I+]c2ccccc2)cc1.ClC1C(Cl)C(Cl)C(Cl)C(Cl)C1Cl. The molecule has 34 heavy (non-hydrogen) atoms. The van der Waals surface area contributed by atoms with Crippen LogP contribution < -0.4 is 25.9 Å². The zero-order valence-corrected chi connectivity index (χ0v) is 25.9. The van der Waals surface area contributed by atoms with Crippen molar-refractivity contribution in [1.82, 2.24) is 0 Å². The number of halogens is 7. The van der Waals surface area contributed by atoms with Crippen LogP contribution >= 0.6 is 69.6 Å². The molecule has 0 aromatic heterocycles. The fraction of sp³-hybridized carbons (Fsp3) is 0.538. The summed E-state index contributed by atoms with van der Waals surface area (Å²) in [6.45, 7) is 3.10. The van der Waals surface area contributed by atoms with E-state index in [4.69, 9.17) is 74.3 Å². The molecule has 0 heterocycles. The third kappa shape index (κ3) is 10.6. The number of alkyl halides is 6. The first-order valence-electron chi connectivity index (χ1n) is 11.6. The molecule has 0 N–H and O–H groups in total. The van der Waals surface area contributed by atoms with Gasteiger partial charge in [0.25, 0.3) is 0 Å². The van der Waals surface area contributed by atoms with Crippen LogP contribution in [0.1, 0.15) is 45.4 Å². The fourth-order valence-electron chi connectivity index (χ4n) is 3.32. The minimum atomic E-state index is -0.437. The summed E-state index contributed by atoms with van der Waals surface area (Å²) in [6, 6.07) is 19.4. The predicted octanol–water partition coefficient (Wildman–Crippen LogP) is 6.20. The lowest BCUT2D eigenvalue weighted by Crippen LogP contribution is -3.61. The lowest BCUT2D eigenvalue weighted by molar-refractivity contribution is -0.597. The molecule has 1 nitrogen and oxygen atoms in total. The zero-order valence-electron chi connectivity index (χ0n) is 19.2. The molecule has 1 saturated carbocycles. The van der Waals surface area contributed by atoms with Crippen LogP contribution in [0.25, 0.3) is 0 Å². The molecular weight excluding hydrogens is 668 g/mol. The van der Waals surface area contributed by atoms with E-state index in [1.807, 2.05) is 0 Å². The van der Waals surface area contributed by atoms with Gasteiger partial charge < -0.3 is 4.74 Å². The molecule has 0 unspecified atom stereocenters. The quantitative estimate of drug-likeness (QED) is 0.163. The van der Waals surface area contributed by atoms with E-state index in [0.29, 0.717) is 0 Å². The summed E-state index contributed by atoms with van der Waals surface area (Å²) >= 11 is 35.2. The van der Waals surface area contributed by atoms with E-state index in [1.54, 1.807) is 0 Å². The van der Waals surface area contributed by atoms with Crippen LogP contribution in [-0.2, 0) is 0 Å². The van der Waals surface area contributed by atoms with Crippen molar-refractivity contribution in [3.05, 3.63) is 61.7 Å². The monoisotopic (exact) mass is 697 g/mol. The fourth-order valence-corrected chi connectivity index (χ4v) is 7.86. The first-order chi connectivity index (χ1) is 16.3. The lowest BCUT2D eigenvalue weighted by Gasteiger charge is -2.37. The van der Waals surface area contributed by atoms with Crippen LogP contribution in [0.3, 0.4) is 0 Å². The maximum atomic E-state index is 5.88. The van der Waals surface area contributed by atoms with Crippen LogP contribution in [0.5, 0.6) is 5.75 Å². The standard InChI is InChI=1S/C20H26IO.C6H6Cl6/c1-2-3-4-5-6-10-17-22-20-15-13-19(14-16-20)21-18-11-8-7-9-12-18;7-1-2(8)4(10)6(12)5(11)3(1)9/h7-9,11-16H,2-6,10,17H2,1H3;1-6H/q+1;. The van der Waals surface area contributed by atoms with Gasteiger partial charge in [-0.1, -0.05) is 57.2 Å². The number of rotatable bonds is 10. The van der Waals surface area contributed by atoms with Gasteiger partial charge in [0.05, 0.1) is 38.9 Å². The number of hydrogen-bond acceptors (Lipinski definition) is 1. The van der Waals surface area contributed by atoms with E-state index in [0.717, 1.165) is 12.4 Å². The third-order valence-corrected chi connectivity index (χ3v) is 12.1. The van der Waals surface area contributed by atoms with Crippen molar-refractivity contribution in [2.24, 2.45) is 0 Å². The van der Waals surface area contributed by atoms with Crippen molar-refractivity contribution in [3.8, 4) is 5.75 Å². The molecule has 0 saturated heterocycles. The Labute approximate surface area is 245 Å². The van der Waals surface area contributed by atoms with Gasteiger partial charge in [-0.3, -0.25) is 0 Å². The van der Waals surface area contributed by atoms with E-state index in [1.165, 1.54) is 45.7 Å². The number of benzene rings is 2. The maximum Gasteiger partial charge on any atom is 0.357 e. The lowest BCUT2D eigenvalue weighted by atomic mass is 9.97. The summed E-state index contributed by atoms with van der Waals surface area (Å²) in [5.41, 5.74) is 0. The van der Waals surface area contributed by atoms with Crippen LogP contribution in [0.4, 0.5) is 0 Å². The largest absolute Gasteiger partial charge is 0.494 e. The highest BCUT2D eigenvalue weighted by atomic mass is 127. The molecular formula is C26H32Cl6IO+. The summed E-state index contributed by atoms with van der Waals surface area (Å²) in [5.74, 6) is 1.01. The van der Waals surface area contributed by atoms with E-state index in [-0.39, 0.29) is 21.2 Å². The Morgan fingerprint density at radius 3 is 1.53 bits per heavy atom. The molecule has 2 aromatic rings. The van der Waals surface area contributed by atoms with Crippen molar-refractivity contribution >= 4 is 69.6 Å². The smallest absolute Gasteiger partial charge is 0.357 e. The minimum absolute atomic E-state index is 0.0655. The summed E-state index contributed by atoms with van der Waals surface area (Å²) < 4.78 is 8.73. The molecule has 0 spiro atoms. The van der Waals surface area contributed by atoms with Gasteiger partial charge in [0.1, 0.15) is 5.75 Å². The van der Waals surface area contributed by atoms with Crippen molar-refractivity contribution < 1.29 is 25.9 Å². The molecule has 0 bridgehead atoms. The molecule has 1 fully saturated rings. The van der Waals surface area contributed by atoms with E-state index < -0.39 is 32.3 Å². The van der Waals surface area contributed by atoms with Crippen LogP contribution in [0, 0.1) is 7.14 Å². The summed E-state index contributed by atoms with van der Waals surface area (Å²) in [6.07, 6.45) is 7.85. The molecule has 190 valence electrons. The van der Waals surface area contributed by atoms with E-state index >= 15 is 0 Å². The van der Waals surface area contributed by atoms with Crippen molar-refractivity contribution in [2.75, 3.05) is 6.61 Å². The highest BCUT2D eigenvalue weighted by Gasteiger charge is 2.46. The van der Waals surface area contributed by atoms with Gasteiger partial charge >= 0.3 is 21.2 Å². The maximum absolute atomic E-state index is 5.88. The summed E-state index contributed by atoms with van der Waals surface area (Å²) in [4.78, 5) is 0. The third-order valence-electron chi connectivity index (χ3n) is 5.36. The van der Waals surface area contributed by atoms with Crippen molar-refractivity contribution in [2.45, 2.75) is 77.7 Å². The predicted molar refractivity (Wildman–Crippen MR) is 147 cm³/mol. The highest BCUT2D eigenvalue weighted by Crippen LogP contribution is 2.39. The van der Waals surface area contributed by atoms with Crippen molar-refractivity contribution in [1.29, 1.82) is 0 Å². The van der Waals surface area contributed by atoms with E-state index in [9.17, 15) is 0 Å².